The van der Waals surface area contributed by atoms with Gasteiger partial charge < -0.3 is 4.74 Å². The quantitative estimate of drug-likeness (QED) is 0.627. The highest BCUT2D eigenvalue weighted by Crippen LogP contribution is 2.37. The van der Waals surface area contributed by atoms with E-state index in [1.54, 1.807) is 31.2 Å². The first-order valence-corrected chi connectivity index (χ1v) is 7.00. The van der Waals surface area contributed by atoms with Gasteiger partial charge in [0.05, 0.1) is 11.0 Å². The van der Waals surface area contributed by atoms with Gasteiger partial charge in [-0.1, -0.05) is 23.7 Å². The second kappa shape index (κ2) is 5.70. The first-order valence-electron chi connectivity index (χ1n) is 6.62. The first-order chi connectivity index (χ1) is 10.8. The zero-order valence-corrected chi connectivity index (χ0v) is 12.6. The molecule has 0 N–H and O–H groups in total. The largest absolute Gasteiger partial charge is 0.438 e. The van der Waals surface area contributed by atoms with Crippen LogP contribution in [-0.2, 0) is 6.18 Å². The van der Waals surface area contributed by atoms with Crippen molar-refractivity contribution >= 4 is 22.6 Å². The third-order valence-electron chi connectivity index (χ3n) is 3.15. The van der Waals surface area contributed by atoms with E-state index in [1.807, 2.05) is 0 Å². The van der Waals surface area contributed by atoms with E-state index in [0.717, 1.165) is 0 Å². The van der Waals surface area contributed by atoms with Crippen LogP contribution in [0, 0.1) is 6.92 Å². The van der Waals surface area contributed by atoms with E-state index in [-0.39, 0.29) is 11.3 Å². The van der Waals surface area contributed by atoms with E-state index in [1.165, 1.54) is 18.2 Å². The number of aryl methyl sites for hydroxylation is 1. The van der Waals surface area contributed by atoms with Crippen molar-refractivity contribution in [2.45, 2.75) is 13.1 Å². The van der Waals surface area contributed by atoms with Crippen molar-refractivity contribution in [3.05, 3.63) is 58.7 Å². The molecule has 3 nitrogen and oxygen atoms in total. The molecule has 0 fully saturated rings. The maximum atomic E-state index is 13.2. The average molecular weight is 339 g/mol. The highest BCUT2D eigenvalue weighted by atomic mass is 35.5. The molecule has 0 aliphatic carbocycles. The Kier molecular flexibility index (Phi) is 3.85. The third kappa shape index (κ3) is 3.22. The maximum Gasteiger partial charge on any atom is 0.438 e. The second-order valence-electron chi connectivity index (χ2n) is 4.88. The Morgan fingerprint density at radius 2 is 1.65 bits per heavy atom. The molecule has 3 rings (SSSR count). The molecule has 0 bridgehead atoms. The molecule has 0 spiro atoms. The molecule has 0 radical (unpaired) electrons. The normalized spacial score (nSPS) is 11.7. The number of hydrogen-bond acceptors (Lipinski definition) is 3. The lowest BCUT2D eigenvalue weighted by Crippen LogP contribution is -2.12. The smallest absolute Gasteiger partial charge is 0.437 e. The Morgan fingerprint density at radius 1 is 1.00 bits per heavy atom. The third-order valence-corrected chi connectivity index (χ3v) is 3.39. The maximum absolute atomic E-state index is 13.2. The molecule has 0 amide bonds. The summed E-state index contributed by atoms with van der Waals surface area (Å²) in [7, 11) is 0. The summed E-state index contributed by atoms with van der Waals surface area (Å²) in [5.41, 5.74) is -0.0896. The second-order valence-corrected chi connectivity index (χ2v) is 5.31. The van der Waals surface area contributed by atoms with Crippen molar-refractivity contribution in [3.8, 4) is 11.6 Å². The Morgan fingerprint density at radius 3 is 2.26 bits per heavy atom. The molecule has 23 heavy (non-hydrogen) atoms. The summed E-state index contributed by atoms with van der Waals surface area (Å²) >= 11 is 5.84. The summed E-state index contributed by atoms with van der Waals surface area (Å²) in [5.74, 6) is -0.342. The number of ether oxygens (including phenoxy) is 1. The Bertz CT molecular complexity index is 881. The molecule has 2 aromatic carbocycles. The summed E-state index contributed by atoms with van der Waals surface area (Å²) in [6, 6.07) is 10.9. The number of alkyl halides is 3. The average Bonchev–Trinajstić information content (AvgIpc) is 2.48. The molecule has 3 aromatic rings. The van der Waals surface area contributed by atoms with Crippen molar-refractivity contribution in [3.63, 3.8) is 0 Å². The van der Waals surface area contributed by atoms with Crippen LogP contribution in [-0.4, -0.2) is 9.97 Å². The molecule has 1 heterocycles. The van der Waals surface area contributed by atoms with Crippen molar-refractivity contribution in [2.24, 2.45) is 0 Å². The first kappa shape index (κ1) is 15.6. The number of halogens is 4. The molecular formula is C16H10ClF3N2O. The molecule has 0 saturated heterocycles. The molecule has 7 heteroatoms. The number of aromatic nitrogens is 2. The fourth-order valence-electron chi connectivity index (χ4n) is 2.07. The van der Waals surface area contributed by atoms with Gasteiger partial charge in [0.25, 0.3) is 5.88 Å². The number of para-hydroxylation sites is 2. The molecule has 0 saturated carbocycles. The van der Waals surface area contributed by atoms with E-state index in [2.05, 4.69) is 9.97 Å². The molecule has 0 aliphatic heterocycles. The van der Waals surface area contributed by atoms with Gasteiger partial charge in [-0.25, -0.2) is 9.97 Å². The monoisotopic (exact) mass is 338 g/mol. The molecule has 118 valence electrons. The fourth-order valence-corrected chi connectivity index (χ4v) is 2.30. The van der Waals surface area contributed by atoms with Crippen LogP contribution in [0.25, 0.3) is 11.0 Å². The van der Waals surface area contributed by atoms with Gasteiger partial charge in [-0.15, -0.1) is 0 Å². The summed E-state index contributed by atoms with van der Waals surface area (Å²) in [4.78, 5) is 7.61. The number of benzene rings is 2. The zero-order chi connectivity index (χ0) is 16.6. The van der Waals surface area contributed by atoms with Crippen molar-refractivity contribution in [2.75, 3.05) is 0 Å². The van der Waals surface area contributed by atoms with Crippen LogP contribution in [0.15, 0.2) is 42.5 Å². The topological polar surface area (TPSA) is 35.0 Å². The van der Waals surface area contributed by atoms with Gasteiger partial charge in [0, 0.05) is 5.02 Å². The van der Waals surface area contributed by atoms with E-state index >= 15 is 0 Å². The number of hydrogen-bond donors (Lipinski definition) is 0. The predicted octanol–water partition coefficient (Wildman–Crippen LogP) is 5.40. The van der Waals surface area contributed by atoms with Crippen LogP contribution in [0.1, 0.15) is 11.3 Å². The van der Waals surface area contributed by atoms with Crippen LogP contribution in [0.4, 0.5) is 13.2 Å². The van der Waals surface area contributed by atoms with Crippen LogP contribution < -0.4 is 4.74 Å². The van der Waals surface area contributed by atoms with E-state index < -0.39 is 17.8 Å². The predicted molar refractivity (Wildman–Crippen MR) is 80.8 cm³/mol. The number of nitrogens with zero attached hydrogens (tertiary/aromatic N) is 2. The highest BCUT2D eigenvalue weighted by Gasteiger charge is 2.38. The van der Waals surface area contributed by atoms with Crippen molar-refractivity contribution in [1.82, 2.24) is 9.97 Å². The molecule has 0 atom stereocenters. The van der Waals surface area contributed by atoms with Crippen molar-refractivity contribution in [1.29, 1.82) is 0 Å². The van der Waals surface area contributed by atoms with E-state index in [9.17, 15) is 13.2 Å². The summed E-state index contributed by atoms with van der Waals surface area (Å²) < 4.78 is 45.1. The van der Waals surface area contributed by atoms with Gasteiger partial charge in [0.15, 0.2) is 0 Å². The van der Waals surface area contributed by atoms with Gasteiger partial charge in [-0.05, 0) is 42.8 Å². The Balaban J connectivity index is 2.14. The lowest BCUT2D eigenvalue weighted by molar-refractivity contribution is -0.142. The van der Waals surface area contributed by atoms with Crippen LogP contribution >= 0.6 is 11.6 Å². The van der Waals surface area contributed by atoms with Gasteiger partial charge in [0.1, 0.15) is 5.75 Å². The zero-order valence-electron chi connectivity index (χ0n) is 11.9. The number of fused-ring (bicyclic) bond motifs is 1. The molecule has 1 aromatic heterocycles. The van der Waals surface area contributed by atoms with Gasteiger partial charge in [-0.3, -0.25) is 0 Å². The van der Waals surface area contributed by atoms with Gasteiger partial charge >= 0.3 is 6.18 Å². The van der Waals surface area contributed by atoms with Gasteiger partial charge in [-0.2, -0.15) is 13.2 Å². The fraction of sp³-hybridized carbons (Fsp3) is 0.125. The highest BCUT2D eigenvalue weighted by molar-refractivity contribution is 6.30. The SMILES string of the molecule is Cc1cc(Cl)ccc1Oc1nc2ccccc2nc1C(F)(F)F. The lowest BCUT2D eigenvalue weighted by Gasteiger charge is -2.14. The van der Waals surface area contributed by atoms with E-state index in [4.69, 9.17) is 16.3 Å². The molecule has 0 unspecified atom stereocenters. The minimum atomic E-state index is -4.67. The summed E-state index contributed by atoms with van der Waals surface area (Å²) in [6.07, 6.45) is -4.67. The van der Waals surface area contributed by atoms with Crippen LogP contribution in [0.5, 0.6) is 11.6 Å². The molecular weight excluding hydrogens is 329 g/mol. The standard InChI is InChI=1S/C16H10ClF3N2O/c1-9-8-10(17)6-7-13(9)23-15-14(16(18,19)20)21-11-4-2-3-5-12(11)22-15/h2-8H,1H3. The van der Waals surface area contributed by atoms with Crippen molar-refractivity contribution < 1.29 is 17.9 Å². The Hall–Kier alpha value is -2.34. The number of rotatable bonds is 2. The Labute approximate surface area is 134 Å². The minimum Gasteiger partial charge on any atom is -0.437 e. The summed E-state index contributed by atoms with van der Waals surface area (Å²) in [6.45, 7) is 1.68. The van der Waals surface area contributed by atoms with Crippen LogP contribution in [0.3, 0.4) is 0 Å². The van der Waals surface area contributed by atoms with Crippen LogP contribution in [0.2, 0.25) is 5.02 Å². The van der Waals surface area contributed by atoms with E-state index in [0.29, 0.717) is 16.1 Å². The molecule has 0 aliphatic rings. The minimum absolute atomic E-state index is 0.153. The summed E-state index contributed by atoms with van der Waals surface area (Å²) in [5, 5.41) is 0.468. The van der Waals surface area contributed by atoms with Gasteiger partial charge in [0.2, 0.25) is 5.69 Å². The lowest BCUT2D eigenvalue weighted by atomic mass is 10.2.